The Morgan fingerprint density at radius 3 is 0.778 bits per heavy atom. The van der Waals surface area contributed by atoms with Crippen LogP contribution in [0.4, 0.5) is 0 Å². The topological polar surface area (TPSA) is 243 Å². The molecule has 3 rings (SSSR count). The van der Waals surface area contributed by atoms with Gasteiger partial charge >= 0.3 is 21.4 Å². The summed E-state index contributed by atoms with van der Waals surface area (Å²) in [6.45, 7) is 9.29. The maximum absolute atomic E-state index is 8.96. The van der Waals surface area contributed by atoms with Gasteiger partial charge in [-0.15, -0.1) is 0 Å². The van der Waals surface area contributed by atoms with Crippen LogP contribution in [0.3, 0.4) is 0 Å². The molecule has 3 aromatic carbocycles. The number of benzene rings is 3. The van der Waals surface area contributed by atoms with E-state index in [0.717, 1.165) is 16.7 Å². The summed E-state index contributed by atoms with van der Waals surface area (Å²) >= 11 is 0. The summed E-state index contributed by atoms with van der Waals surface area (Å²) < 4.78 is 0. The zero-order valence-corrected chi connectivity index (χ0v) is 24.6. The molecule has 0 unspecified atom stereocenters. The van der Waals surface area contributed by atoms with E-state index in [9.17, 15) is 0 Å². The monoisotopic (exact) mass is 626 g/mol. The predicted octanol–water partition coefficient (Wildman–Crippen LogP) is -3.56. The van der Waals surface area contributed by atoms with Gasteiger partial charge in [-0.1, -0.05) is 111 Å². The van der Waals surface area contributed by atoms with Crippen LogP contribution in [0.15, 0.2) is 92.5 Å². The van der Waals surface area contributed by atoms with Crippen molar-refractivity contribution in [2.24, 2.45) is 0 Å². The van der Waals surface area contributed by atoms with Gasteiger partial charge in [-0.05, 0) is 33.1 Å². The van der Waals surface area contributed by atoms with Crippen LogP contribution < -0.4 is 16.4 Å². The van der Waals surface area contributed by atoms with Gasteiger partial charge in [0.15, 0.2) is 0 Å². The normalized spacial score (nSPS) is 12.5. The van der Waals surface area contributed by atoms with Gasteiger partial charge in [-0.3, -0.25) is 0 Å². The molecule has 0 aromatic heterocycles. The standard InChI is InChI=1S/3C8H9BO2.C6H14O6/c3*1-2-7-3-5-8(6-4-7)9(10)11;7-1-3(9)5(11)6(12)4(10)2-8/h3*2-6,10-11H,1H2;3-12H,1-2H2/t;;;3-,4-,5-,6-/m...1/s1. The molecule has 3 aromatic rings. The highest BCUT2D eigenvalue weighted by Crippen LogP contribution is 2.04. The van der Waals surface area contributed by atoms with Crippen molar-refractivity contribution in [2.45, 2.75) is 24.4 Å². The molecule has 0 radical (unpaired) electrons. The van der Waals surface area contributed by atoms with Gasteiger partial charge in [-0.25, -0.2) is 0 Å². The minimum atomic E-state index is -1.67. The quantitative estimate of drug-likeness (QED) is 0.0927. The lowest BCUT2D eigenvalue weighted by Crippen LogP contribution is -2.46. The Kier molecular flexibility index (Phi) is 21.3. The number of rotatable bonds is 11. The van der Waals surface area contributed by atoms with Crippen molar-refractivity contribution in [3.05, 3.63) is 109 Å². The molecule has 0 heterocycles. The Morgan fingerprint density at radius 1 is 0.444 bits per heavy atom. The van der Waals surface area contributed by atoms with E-state index in [2.05, 4.69) is 19.7 Å². The number of aliphatic hydroxyl groups excluding tert-OH is 6. The van der Waals surface area contributed by atoms with Crippen molar-refractivity contribution >= 4 is 56.0 Å². The Labute approximate surface area is 263 Å². The first-order valence-corrected chi connectivity index (χ1v) is 13.5. The molecule has 0 saturated carbocycles. The van der Waals surface area contributed by atoms with E-state index in [-0.39, 0.29) is 0 Å². The molecule has 0 bridgehead atoms. The highest BCUT2D eigenvalue weighted by molar-refractivity contribution is 6.59. The Hall–Kier alpha value is -3.41. The first-order valence-electron chi connectivity index (χ1n) is 13.5. The summed E-state index contributed by atoms with van der Waals surface area (Å²) in [6.07, 6.45) is -1.29. The van der Waals surface area contributed by atoms with E-state index in [1.165, 1.54) is 0 Å². The lowest BCUT2D eigenvalue weighted by Gasteiger charge is -2.24. The largest absolute Gasteiger partial charge is 0.488 e. The lowest BCUT2D eigenvalue weighted by molar-refractivity contribution is -0.123. The third kappa shape index (κ3) is 16.5. The Balaban J connectivity index is 0.000000574. The molecule has 45 heavy (non-hydrogen) atoms. The molecule has 0 aliphatic rings. The van der Waals surface area contributed by atoms with Gasteiger partial charge in [0.1, 0.15) is 24.4 Å². The number of hydrogen-bond acceptors (Lipinski definition) is 12. The first kappa shape index (κ1) is 41.6. The highest BCUT2D eigenvalue weighted by atomic mass is 16.4. The zero-order valence-electron chi connectivity index (χ0n) is 24.6. The average molecular weight is 626 g/mol. The second-order valence-electron chi connectivity index (χ2n) is 9.21. The summed E-state index contributed by atoms with van der Waals surface area (Å²) in [5.41, 5.74) is 4.39. The van der Waals surface area contributed by atoms with Crippen LogP contribution in [0.2, 0.25) is 0 Å². The molecule has 0 fully saturated rings. The fourth-order valence-corrected chi connectivity index (χ4v) is 3.08. The van der Waals surface area contributed by atoms with E-state index in [1.54, 1.807) is 91.0 Å². The molecular weight excluding hydrogens is 585 g/mol. The molecule has 0 aliphatic heterocycles. The maximum Gasteiger partial charge on any atom is 0.488 e. The summed E-state index contributed by atoms with van der Waals surface area (Å²) in [4.78, 5) is 0. The van der Waals surface area contributed by atoms with Gasteiger partial charge in [-0.2, -0.15) is 0 Å². The van der Waals surface area contributed by atoms with Gasteiger partial charge < -0.3 is 60.8 Å². The zero-order chi connectivity index (χ0) is 34.5. The third-order valence-electron chi connectivity index (χ3n) is 5.92. The van der Waals surface area contributed by atoms with Crippen molar-refractivity contribution in [3.63, 3.8) is 0 Å². The van der Waals surface area contributed by atoms with Crippen LogP contribution in [-0.4, -0.2) is 120 Å². The first-order chi connectivity index (χ1) is 21.2. The minimum Gasteiger partial charge on any atom is -0.423 e. The molecule has 0 amide bonds. The minimum absolute atomic E-state index is 0.496. The van der Waals surface area contributed by atoms with Gasteiger partial charge in [0.2, 0.25) is 0 Å². The fraction of sp³-hybridized carbons (Fsp3) is 0.200. The summed E-state index contributed by atoms with van der Waals surface area (Å²) in [5.74, 6) is 0. The molecule has 242 valence electrons. The highest BCUT2D eigenvalue weighted by Gasteiger charge is 2.29. The van der Waals surface area contributed by atoms with Crippen molar-refractivity contribution < 1.29 is 60.8 Å². The van der Waals surface area contributed by atoms with Gasteiger partial charge in [0, 0.05) is 0 Å². The third-order valence-corrected chi connectivity index (χ3v) is 5.92. The van der Waals surface area contributed by atoms with E-state index >= 15 is 0 Å². The molecular formula is C30H41B3O12. The average Bonchev–Trinajstić information content (AvgIpc) is 3.07. The smallest absolute Gasteiger partial charge is 0.423 e. The molecule has 12 N–H and O–H groups in total. The van der Waals surface area contributed by atoms with Crippen LogP contribution in [-0.2, 0) is 0 Å². The van der Waals surface area contributed by atoms with Crippen LogP contribution in [0, 0.1) is 0 Å². The number of hydrogen-bond donors (Lipinski definition) is 12. The molecule has 0 aliphatic carbocycles. The second kappa shape index (κ2) is 23.0. The van der Waals surface area contributed by atoms with E-state index < -0.39 is 59.0 Å². The van der Waals surface area contributed by atoms with Crippen LogP contribution >= 0.6 is 0 Å². The summed E-state index contributed by atoms with van der Waals surface area (Å²) in [5, 5.41) is 104. The van der Waals surface area contributed by atoms with E-state index in [0.29, 0.717) is 16.4 Å². The number of aliphatic hydroxyl groups is 6. The van der Waals surface area contributed by atoms with Crippen molar-refractivity contribution in [1.82, 2.24) is 0 Å². The fourth-order valence-electron chi connectivity index (χ4n) is 3.08. The SMILES string of the molecule is C=Cc1ccc(B(O)O)cc1.C=Cc1ccc(B(O)O)cc1.C=Cc1ccc(B(O)O)cc1.OC[C@@H](O)[C@@H](O)[C@H](O)[C@H](O)CO. The van der Waals surface area contributed by atoms with E-state index in [4.69, 9.17) is 60.8 Å². The van der Waals surface area contributed by atoms with Crippen molar-refractivity contribution in [1.29, 1.82) is 0 Å². The molecule has 4 atom stereocenters. The maximum atomic E-state index is 8.96. The van der Waals surface area contributed by atoms with Gasteiger partial charge in [0.05, 0.1) is 13.2 Å². The Bertz CT molecular complexity index is 1080. The molecule has 12 nitrogen and oxygen atoms in total. The molecule has 0 spiro atoms. The van der Waals surface area contributed by atoms with Crippen molar-refractivity contribution in [3.8, 4) is 0 Å². The summed E-state index contributed by atoms with van der Waals surface area (Å²) in [7, 11) is -4.14. The van der Waals surface area contributed by atoms with Gasteiger partial charge in [0.25, 0.3) is 0 Å². The van der Waals surface area contributed by atoms with Crippen LogP contribution in [0.5, 0.6) is 0 Å². The molecule has 15 heteroatoms. The molecule has 0 saturated heterocycles. The Morgan fingerprint density at radius 2 is 0.644 bits per heavy atom. The second-order valence-corrected chi connectivity index (χ2v) is 9.21. The van der Waals surface area contributed by atoms with Crippen LogP contribution in [0.25, 0.3) is 18.2 Å². The lowest BCUT2D eigenvalue weighted by atomic mass is 9.80. The summed E-state index contributed by atoms with van der Waals surface area (Å²) in [6, 6.07) is 20.6. The predicted molar refractivity (Wildman–Crippen MR) is 177 cm³/mol. The van der Waals surface area contributed by atoms with Crippen molar-refractivity contribution in [2.75, 3.05) is 13.2 Å². The van der Waals surface area contributed by atoms with E-state index in [1.807, 2.05) is 0 Å². The van der Waals surface area contributed by atoms with Crippen LogP contribution in [0.1, 0.15) is 16.7 Å².